The second kappa shape index (κ2) is 8.37. The third kappa shape index (κ3) is 5.30. The highest BCUT2D eigenvalue weighted by molar-refractivity contribution is 6.30. The van der Waals surface area contributed by atoms with Crippen LogP contribution in [-0.4, -0.2) is 50.2 Å². The minimum atomic E-state index is -0.0180. The number of nitrogens with one attached hydrogen (secondary N) is 1. The zero-order valence-corrected chi connectivity index (χ0v) is 13.3. The summed E-state index contributed by atoms with van der Waals surface area (Å²) in [6, 6.07) is 5.34. The van der Waals surface area contributed by atoms with E-state index in [0.717, 1.165) is 51.3 Å². The number of halogens is 1. The largest absolute Gasteiger partial charge is 0.379 e. The number of amides is 1. The van der Waals surface area contributed by atoms with Crippen LogP contribution < -0.4 is 5.32 Å². The third-order valence-electron chi connectivity index (χ3n) is 3.72. The maximum absolute atomic E-state index is 12.1. The standard InChI is InChI=1S/C16H23ClN2O2/c1-13-12-14(17)4-5-15(13)16(20)18-6-2-3-7-19-8-10-21-11-9-19/h4-5,12H,2-3,6-11H2,1H3,(H,18,20). The molecule has 0 spiro atoms. The molecule has 1 aliphatic rings. The lowest BCUT2D eigenvalue weighted by molar-refractivity contribution is 0.0372. The van der Waals surface area contributed by atoms with Crippen LogP contribution in [0, 0.1) is 6.92 Å². The molecule has 1 fully saturated rings. The summed E-state index contributed by atoms with van der Waals surface area (Å²) in [7, 11) is 0. The van der Waals surface area contributed by atoms with E-state index in [1.165, 1.54) is 0 Å². The predicted molar refractivity (Wildman–Crippen MR) is 85.0 cm³/mol. The fourth-order valence-corrected chi connectivity index (χ4v) is 2.69. The van der Waals surface area contributed by atoms with Crippen molar-refractivity contribution in [1.29, 1.82) is 0 Å². The van der Waals surface area contributed by atoms with Gasteiger partial charge in [0.05, 0.1) is 13.2 Å². The SMILES string of the molecule is Cc1cc(Cl)ccc1C(=O)NCCCCN1CCOCC1. The quantitative estimate of drug-likeness (QED) is 0.821. The summed E-state index contributed by atoms with van der Waals surface area (Å²) in [6.07, 6.45) is 2.09. The van der Waals surface area contributed by atoms with Crippen molar-refractivity contribution < 1.29 is 9.53 Å². The number of aryl methyl sites for hydroxylation is 1. The average molecular weight is 311 g/mol. The first-order chi connectivity index (χ1) is 10.2. The Morgan fingerprint density at radius 3 is 2.81 bits per heavy atom. The van der Waals surface area contributed by atoms with Crippen molar-refractivity contribution >= 4 is 17.5 Å². The molecule has 1 heterocycles. The van der Waals surface area contributed by atoms with Crippen LogP contribution in [0.1, 0.15) is 28.8 Å². The topological polar surface area (TPSA) is 41.6 Å². The van der Waals surface area contributed by atoms with Crippen molar-refractivity contribution in [3.05, 3.63) is 34.3 Å². The van der Waals surface area contributed by atoms with Crippen LogP contribution in [0.25, 0.3) is 0 Å². The van der Waals surface area contributed by atoms with Gasteiger partial charge in [-0.1, -0.05) is 11.6 Å². The van der Waals surface area contributed by atoms with Crippen molar-refractivity contribution in [3.8, 4) is 0 Å². The molecule has 5 heteroatoms. The number of benzene rings is 1. The van der Waals surface area contributed by atoms with Gasteiger partial charge < -0.3 is 10.1 Å². The third-order valence-corrected chi connectivity index (χ3v) is 3.96. The van der Waals surface area contributed by atoms with Crippen LogP contribution in [0.4, 0.5) is 0 Å². The molecule has 1 aromatic rings. The maximum Gasteiger partial charge on any atom is 0.251 e. The van der Waals surface area contributed by atoms with Crippen molar-refractivity contribution in [1.82, 2.24) is 10.2 Å². The molecule has 21 heavy (non-hydrogen) atoms. The van der Waals surface area contributed by atoms with Gasteiger partial charge in [0.2, 0.25) is 0 Å². The Hall–Kier alpha value is -1.10. The molecule has 0 aliphatic carbocycles. The van der Waals surface area contributed by atoms with Gasteiger partial charge in [-0.25, -0.2) is 0 Å². The molecule has 0 aromatic heterocycles. The molecule has 0 bridgehead atoms. The smallest absolute Gasteiger partial charge is 0.251 e. The molecule has 0 radical (unpaired) electrons. The number of carbonyl (C=O) groups is 1. The van der Waals surface area contributed by atoms with Crippen LogP contribution in [0.2, 0.25) is 5.02 Å². The van der Waals surface area contributed by atoms with Crippen LogP contribution in [0.15, 0.2) is 18.2 Å². The highest BCUT2D eigenvalue weighted by Gasteiger charge is 2.10. The van der Waals surface area contributed by atoms with Crippen LogP contribution in [0.3, 0.4) is 0 Å². The van der Waals surface area contributed by atoms with Gasteiger partial charge in [-0.2, -0.15) is 0 Å². The molecule has 2 rings (SSSR count). The van der Waals surface area contributed by atoms with Crippen molar-refractivity contribution in [2.75, 3.05) is 39.4 Å². The van der Waals surface area contributed by atoms with E-state index >= 15 is 0 Å². The van der Waals surface area contributed by atoms with E-state index in [1.807, 2.05) is 13.0 Å². The molecular weight excluding hydrogens is 288 g/mol. The molecule has 1 aromatic carbocycles. The fourth-order valence-electron chi connectivity index (χ4n) is 2.46. The number of unbranched alkanes of at least 4 members (excludes halogenated alkanes) is 1. The van der Waals surface area contributed by atoms with E-state index in [-0.39, 0.29) is 5.91 Å². The van der Waals surface area contributed by atoms with Crippen LogP contribution >= 0.6 is 11.6 Å². The lowest BCUT2D eigenvalue weighted by Crippen LogP contribution is -2.37. The second-order valence-electron chi connectivity index (χ2n) is 5.38. The number of morpholine rings is 1. The van der Waals surface area contributed by atoms with Crippen LogP contribution in [0.5, 0.6) is 0 Å². The van der Waals surface area contributed by atoms with E-state index in [2.05, 4.69) is 10.2 Å². The van der Waals surface area contributed by atoms with Gasteiger partial charge in [0, 0.05) is 30.2 Å². The Bertz CT molecular complexity index is 473. The van der Waals surface area contributed by atoms with E-state index < -0.39 is 0 Å². The van der Waals surface area contributed by atoms with Crippen molar-refractivity contribution in [3.63, 3.8) is 0 Å². The zero-order chi connectivity index (χ0) is 15.1. The monoisotopic (exact) mass is 310 g/mol. The molecule has 1 amide bonds. The molecule has 0 saturated carbocycles. The van der Waals surface area contributed by atoms with E-state index in [9.17, 15) is 4.79 Å². The van der Waals surface area contributed by atoms with Gasteiger partial charge in [-0.3, -0.25) is 9.69 Å². The Morgan fingerprint density at radius 2 is 2.10 bits per heavy atom. The highest BCUT2D eigenvalue weighted by atomic mass is 35.5. The van der Waals surface area contributed by atoms with Gasteiger partial charge in [0.25, 0.3) is 5.91 Å². The molecule has 0 atom stereocenters. The zero-order valence-electron chi connectivity index (χ0n) is 12.5. The normalized spacial score (nSPS) is 15.9. The second-order valence-corrected chi connectivity index (χ2v) is 5.81. The Labute approximate surface area is 131 Å². The van der Waals surface area contributed by atoms with Gasteiger partial charge in [-0.05, 0) is 50.1 Å². The lowest BCUT2D eigenvalue weighted by atomic mass is 10.1. The van der Waals surface area contributed by atoms with E-state index in [0.29, 0.717) is 17.1 Å². The number of carbonyl (C=O) groups excluding carboxylic acids is 1. The van der Waals surface area contributed by atoms with E-state index in [4.69, 9.17) is 16.3 Å². The summed E-state index contributed by atoms with van der Waals surface area (Å²) in [5.41, 5.74) is 1.61. The number of hydrogen-bond donors (Lipinski definition) is 1. The van der Waals surface area contributed by atoms with Crippen molar-refractivity contribution in [2.45, 2.75) is 19.8 Å². The van der Waals surface area contributed by atoms with Gasteiger partial charge in [0.1, 0.15) is 0 Å². The molecular formula is C16H23ClN2O2. The number of hydrogen-bond acceptors (Lipinski definition) is 3. The van der Waals surface area contributed by atoms with E-state index in [1.54, 1.807) is 12.1 Å². The van der Waals surface area contributed by atoms with Gasteiger partial charge >= 0.3 is 0 Å². The summed E-state index contributed by atoms with van der Waals surface area (Å²) < 4.78 is 5.32. The van der Waals surface area contributed by atoms with Crippen LogP contribution in [-0.2, 0) is 4.74 Å². The fraction of sp³-hybridized carbons (Fsp3) is 0.562. The van der Waals surface area contributed by atoms with Crippen molar-refractivity contribution in [2.24, 2.45) is 0 Å². The summed E-state index contributed by atoms with van der Waals surface area (Å²) in [4.78, 5) is 14.5. The molecule has 0 unspecified atom stereocenters. The first-order valence-corrected chi connectivity index (χ1v) is 7.89. The molecule has 1 N–H and O–H groups in total. The van der Waals surface area contributed by atoms with Gasteiger partial charge in [-0.15, -0.1) is 0 Å². The molecule has 4 nitrogen and oxygen atoms in total. The summed E-state index contributed by atoms with van der Waals surface area (Å²) >= 11 is 5.90. The lowest BCUT2D eigenvalue weighted by Gasteiger charge is -2.26. The maximum atomic E-state index is 12.1. The average Bonchev–Trinajstić information content (AvgIpc) is 2.47. The first kappa shape index (κ1) is 16.3. The molecule has 1 saturated heterocycles. The number of rotatable bonds is 6. The summed E-state index contributed by atoms with van der Waals surface area (Å²) in [5.74, 6) is -0.0180. The number of nitrogens with zero attached hydrogens (tertiary/aromatic N) is 1. The summed E-state index contributed by atoms with van der Waals surface area (Å²) in [6.45, 7) is 7.43. The number of ether oxygens (including phenoxy) is 1. The minimum absolute atomic E-state index is 0.0180. The Balaban J connectivity index is 1.64. The Kier molecular flexibility index (Phi) is 6.49. The summed E-state index contributed by atoms with van der Waals surface area (Å²) in [5, 5.41) is 3.63. The first-order valence-electron chi connectivity index (χ1n) is 7.51. The van der Waals surface area contributed by atoms with Gasteiger partial charge in [0.15, 0.2) is 0 Å². The Morgan fingerprint density at radius 1 is 1.33 bits per heavy atom. The highest BCUT2D eigenvalue weighted by Crippen LogP contribution is 2.15. The minimum Gasteiger partial charge on any atom is -0.379 e. The predicted octanol–water partition coefficient (Wildman–Crippen LogP) is 2.49. The molecule has 116 valence electrons. The molecule has 1 aliphatic heterocycles.